The zero-order valence-corrected chi connectivity index (χ0v) is 13.1. The summed E-state index contributed by atoms with van der Waals surface area (Å²) >= 11 is 1.18. The van der Waals surface area contributed by atoms with Crippen molar-refractivity contribution in [1.82, 2.24) is 20.1 Å². The number of aromatic nitrogens is 3. The van der Waals surface area contributed by atoms with E-state index in [0.717, 1.165) is 12.7 Å². The van der Waals surface area contributed by atoms with Crippen LogP contribution in [0, 0.1) is 0 Å². The van der Waals surface area contributed by atoms with Gasteiger partial charge in [-0.3, -0.25) is 9.59 Å². The maximum absolute atomic E-state index is 10.8. The van der Waals surface area contributed by atoms with E-state index in [9.17, 15) is 4.79 Å². The number of thioether (sulfide) groups is 1. The molecule has 1 aromatic heterocycles. The molecule has 0 aromatic carbocycles. The summed E-state index contributed by atoms with van der Waals surface area (Å²) < 4.78 is 1.85. The number of nitrogens with zero attached hydrogens (tertiary/aromatic N) is 3. The monoisotopic (exact) mass is 316 g/mol. The fraction of sp³-hybridized carbons (Fsp3) is 0.500. The van der Waals surface area contributed by atoms with Gasteiger partial charge < -0.3 is 20.1 Å². The van der Waals surface area contributed by atoms with Gasteiger partial charge in [-0.15, -0.1) is 16.8 Å². The lowest BCUT2D eigenvalue weighted by Gasteiger charge is -2.08. The van der Waals surface area contributed by atoms with E-state index in [-0.39, 0.29) is 0 Å². The van der Waals surface area contributed by atoms with Crippen LogP contribution in [0.4, 0.5) is 0 Å². The zero-order valence-electron chi connectivity index (χ0n) is 12.2. The summed E-state index contributed by atoms with van der Waals surface area (Å²) in [4.78, 5) is 19.8. The number of carboxylic acid groups (broad SMARTS) is 2. The first-order chi connectivity index (χ1) is 9.83. The second-order valence-electron chi connectivity index (χ2n) is 3.95. The predicted octanol–water partition coefficient (Wildman–Crippen LogP) is 0.840. The molecule has 8 nitrogen and oxygen atoms in total. The molecule has 9 heteroatoms. The van der Waals surface area contributed by atoms with Gasteiger partial charge in [0.25, 0.3) is 5.97 Å². The zero-order chi connectivity index (χ0) is 16.4. The van der Waals surface area contributed by atoms with Crippen LogP contribution in [0.15, 0.2) is 17.8 Å². The van der Waals surface area contributed by atoms with Crippen molar-refractivity contribution in [2.75, 3.05) is 7.05 Å². The molecule has 0 aliphatic carbocycles. The Kier molecular flexibility index (Phi) is 9.06. The molecular weight excluding hydrogens is 296 g/mol. The summed E-state index contributed by atoms with van der Waals surface area (Å²) in [6.07, 6.45) is 1.73. The van der Waals surface area contributed by atoms with Crippen LogP contribution in [-0.2, 0) is 22.7 Å². The minimum Gasteiger partial charge on any atom is -0.481 e. The second kappa shape index (κ2) is 9.94. The third kappa shape index (κ3) is 7.47. The third-order valence-corrected chi connectivity index (χ3v) is 3.14. The third-order valence-electron chi connectivity index (χ3n) is 2.07. The first-order valence-electron chi connectivity index (χ1n) is 6.10. The van der Waals surface area contributed by atoms with Gasteiger partial charge >= 0.3 is 5.97 Å². The van der Waals surface area contributed by atoms with Crippen molar-refractivity contribution in [3.8, 4) is 0 Å². The van der Waals surface area contributed by atoms with Gasteiger partial charge in [-0.25, -0.2) is 0 Å². The normalized spacial score (nSPS) is 11.2. The largest absolute Gasteiger partial charge is 0.481 e. The number of rotatable bonds is 7. The molecule has 0 aliphatic rings. The van der Waals surface area contributed by atoms with Crippen molar-refractivity contribution in [3.63, 3.8) is 0 Å². The molecule has 0 spiro atoms. The molecule has 1 rings (SSSR count). The minimum atomic E-state index is -0.863. The molecule has 1 aromatic rings. The van der Waals surface area contributed by atoms with Crippen molar-refractivity contribution in [2.45, 2.75) is 37.3 Å². The fourth-order valence-electron chi connectivity index (χ4n) is 1.22. The highest BCUT2D eigenvalue weighted by molar-refractivity contribution is 8.00. The lowest BCUT2D eigenvalue weighted by Crippen LogP contribution is -2.15. The van der Waals surface area contributed by atoms with Crippen molar-refractivity contribution in [1.29, 1.82) is 0 Å². The summed E-state index contributed by atoms with van der Waals surface area (Å²) in [6, 6.07) is 0. The smallest absolute Gasteiger partial charge is 0.316 e. The first kappa shape index (κ1) is 19.1. The van der Waals surface area contributed by atoms with Crippen molar-refractivity contribution in [2.24, 2.45) is 0 Å². The van der Waals surface area contributed by atoms with Gasteiger partial charge in [-0.1, -0.05) is 17.8 Å². The minimum absolute atomic E-state index is 0.551. The van der Waals surface area contributed by atoms with Crippen LogP contribution in [0.3, 0.4) is 0 Å². The number of carboxylic acids is 2. The number of nitrogens with one attached hydrogen (secondary N) is 1. The molecule has 0 aliphatic heterocycles. The Morgan fingerprint density at radius 2 is 2.05 bits per heavy atom. The molecule has 1 unspecified atom stereocenters. The SMILES string of the molecule is C=CCn1c(CNC)nnc1SC(C)C(=O)O.CC(=O)O. The number of hydrogen-bond acceptors (Lipinski definition) is 6. The number of allylic oxidation sites excluding steroid dienone is 1. The molecule has 0 bridgehead atoms. The Morgan fingerprint density at radius 3 is 2.48 bits per heavy atom. The molecule has 21 heavy (non-hydrogen) atoms. The summed E-state index contributed by atoms with van der Waals surface area (Å²) in [5, 5.41) is 27.3. The number of carbonyl (C=O) groups is 2. The average molecular weight is 316 g/mol. The van der Waals surface area contributed by atoms with E-state index >= 15 is 0 Å². The molecule has 118 valence electrons. The van der Waals surface area contributed by atoms with E-state index in [2.05, 4.69) is 22.1 Å². The van der Waals surface area contributed by atoms with E-state index < -0.39 is 17.2 Å². The van der Waals surface area contributed by atoms with Crippen molar-refractivity contribution in [3.05, 3.63) is 18.5 Å². The van der Waals surface area contributed by atoms with Gasteiger partial charge in [0.2, 0.25) is 0 Å². The highest BCUT2D eigenvalue weighted by Crippen LogP contribution is 2.22. The molecular formula is C12H20N4O4S. The van der Waals surface area contributed by atoms with Gasteiger partial charge in [0.1, 0.15) is 11.1 Å². The summed E-state index contributed by atoms with van der Waals surface area (Å²) in [7, 11) is 1.82. The highest BCUT2D eigenvalue weighted by atomic mass is 32.2. The predicted molar refractivity (Wildman–Crippen MR) is 79.2 cm³/mol. The molecule has 1 atom stereocenters. The molecule has 1 heterocycles. The van der Waals surface area contributed by atoms with Gasteiger partial charge in [0.15, 0.2) is 5.16 Å². The van der Waals surface area contributed by atoms with E-state index in [0.29, 0.717) is 18.2 Å². The molecule has 3 N–H and O–H groups in total. The number of aliphatic carboxylic acids is 2. The van der Waals surface area contributed by atoms with Gasteiger partial charge in [-0.05, 0) is 14.0 Å². The van der Waals surface area contributed by atoms with Gasteiger partial charge in [0.05, 0.1) is 6.54 Å². The fourth-order valence-corrected chi connectivity index (χ4v) is 2.03. The van der Waals surface area contributed by atoms with Crippen LogP contribution in [0.2, 0.25) is 0 Å². The Balaban J connectivity index is 0.000000885. The highest BCUT2D eigenvalue weighted by Gasteiger charge is 2.18. The van der Waals surface area contributed by atoms with Gasteiger partial charge in [0, 0.05) is 13.5 Å². The average Bonchev–Trinajstić information content (AvgIpc) is 2.73. The van der Waals surface area contributed by atoms with Gasteiger partial charge in [-0.2, -0.15) is 0 Å². The summed E-state index contributed by atoms with van der Waals surface area (Å²) in [5.41, 5.74) is 0. The van der Waals surface area contributed by atoms with E-state index in [1.807, 2.05) is 11.6 Å². The van der Waals surface area contributed by atoms with Crippen LogP contribution >= 0.6 is 11.8 Å². The standard InChI is InChI=1S/C10H16N4O2S.C2H4O2/c1-4-5-14-8(6-11-3)12-13-10(14)17-7(2)9(15)16;1-2(3)4/h4,7,11H,1,5-6H2,2-3H3,(H,15,16);1H3,(H,3,4). The second-order valence-corrected chi connectivity index (χ2v) is 5.25. The molecule has 0 saturated carbocycles. The lowest BCUT2D eigenvalue weighted by atomic mass is 10.5. The molecule has 0 fully saturated rings. The topological polar surface area (TPSA) is 117 Å². The maximum Gasteiger partial charge on any atom is 0.316 e. The Labute approximate surface area is 127 Å². The van der Waals surface area contributed by atoms with E-state index in [4.69, 9.17) is 15.0 Å². The van der Waals surface area contributed by atoms with E-state index in [1.165, 1.54) is 11.8 Å². The maximum atomic E-state index is 10.8. The Morgan fingerprint density at radius 1 is 1.48 bits per heavy atom. The Bertz CT molecular complexity index is 486. The van der Waals surface area contributed by atoms with Crippen LogP contribution in [-0.4, -0.2) is 49.2 Å². The van der Waals surface area contributed by atoms with Crippen LogP contribution in [0.5, 0.6) is 0 Å². The number of hydrogen-bond donors (Lipinski definition) is 3. The molecule has 0 amide bonds. The van der Waals surface area contributed by atoms with Crippen LogP contribution < -0.4 is 5.32 Å². The lowest BCUT2D eigenvalue weighted by molar-refractivity contribution is -0.136. The summed E-state index contributed by atoms with van der Waals surface area (Å²) in [6.45, 7) is 7.53. The first-order valence-corrected chi connectivity index (χ1v) is 6.98. The molecule has 0 radical (unpaired) electrons. The molecule has 0 saturated heterocycles. The van der Waals surface area contributed by atoms with Crippen LogP contribution in [0.1, 0.15) is 19.7 Å². The summed E-state index contributed by atoms with van der Waals surface area (Å²) in [5.74, 6) is -0.925. The quantitative estimate of drug-likeness (QED) is 0.500. The van der Waals surface area contributed by atoms with E-state index in [1.54, 1.807) is 13.0 Å². The Hall–Kier alpha value is -1.87. The van der Waals surface area contributed by atoms with Crippen molar-refractivity contribution >= 4 is 23.7 Å². The van der Waals surface area contributed by atoms with Crippen LogP contribution in [0.25, 0.3) is 0 Å². The van der Waals surface area contributed by atoms with Crippen molar-refractivity contribution < 1.29 is 19.8 Å².